The van der Waals surface area contributed by atoms with E-state index < -0.39 is 0 Å². The van der Waals surface area contributed by atoms with Crippen molar-refractivity contribution in [3.05, 3.63) is 29.8 Å². The van der Waals surface area contributed by atoms with Crippen LogP contribution < -0.4 is 10.2 Å². The maximum atomic E-state index is 5.98. The number of nitrogens with zero attached hydrogens (tertiary/aromatic N) is 3. The minimum absolute atomic E-state index is 0. The van der Waals surface area contributed by atoms with Gasteiger partial charge >= 0.3 is 0 Å². The molecule has 3 heterocycles. The number of hydrogen-bond acceptors (Lipinski definition) is 5. The molecule has 1 N–H and O–H groups in total. The largest absolute Gasteiger partial charge is 0.378 e. The van der Waals surface area contributed by atoms with Crippen molar-refractivity contribution in [3.8, 4) is 0 Å². The molecule has 3 saturated heterocycles. The molecule has 0 radical (unpaired) electrons. The number of morpholine rings is 2. The second kappa shape index (κ2) is 11.3. The number of benzene rings is 1. The van der Waals surface area contributed by atoms with Crippen LogP contribution >= 0.6 is 24.0 Å². The quantitative estimate of drug-likeness (QED) is 0.376. The molecule has 3 aliphatic heterocycles. The fourth-order valence-electron chi connectivity index (χ4n) is 4.27. The highest BCUT2D eigenvalue weighted by atomic mass is 127. The topological polar surface area (TPSA) is 58.6 Å². The number of hydrogen-bond donors (Lipinski definition) is 1. The lowest BCUT2D eigenvalue weighted by Gasteiger charge is -2.37. The molecule has 2 unspecified atom stereocenters. The van der Waals surface area contributed by atoms with Gasteiger partial charge in [-0.2, -0.15) is 0 Å². The van der Waals surface area contributed by atoms with Gasteiger partial charge in [0.15, 0.2) is 5.96 Å². The van der Waals surface area contributed by atoms with E-state index in [1.807, 2.05) is 7.05 Å². The summed E-state index contributed by atoms with van der Waals surface area (Å²) >= 11 is 0. The van der Waals surface area contributed by atoms with Crippen molar-refractivity contribution in [3.63, 3.8) is 0 Å². The van der Waals surface area contributed by atoms with E-state index in [-0.39, 0.29) is 36.2 Å². The standard InChI is InChI=1S/C21H32N4O3.HI/c1-22-21(25-10-14-28-20(16-25)19-7-4-11-27-19)23-15-17-5-2-3-6-18(17)24-8-12-26-13-9-24;/h2-3,5-6,19-20H,4,7-16H2,1H3,(H,22,23);1H. The van der Waals surface area contributed by atoms with Gasteiger partial charge < -0.3 is 29.3 Å². The van der Waals surface area contributed by atoms with E-state index in [0.29, 0.717) is 0 Å². The molecule has 8 heteroatoms. The molecule has 3 aliphatic rings. The predicted molar refractivity (Wildman–Crippen MR) is 125 cm³/mol. The Morgan fingerprint density at radius 1 is 1.07 bits per heavy atom. The van der Waals surface area contributed by atoms with Crippen LogP contribution in [0.2, 0.25) is 0 Å². The number of para-hydroxylation sites is 1. The Bertz CT molecular complexity index is 663. The summed E-state index contributed by atoms with van der Waals surface area (Å²) in [6.45, 7) is 7.48. The first-order valence-electron chi connectivity index (χ1n) is 10.4. The summed E-state index contributed by atoms with van der Waals surface area (Å²) in [5.41, 5.74) is 2.57. The van der Waals surface area contributed by atoms with E-state index >= 15 is 0 Å². The molecule has 1 aromatic rings. The Kier molecular flexibility index (Phi) is 8.83. The molecular weight excluding hydrogens is 483 g/mol. The zero-order chi connectivity index (χ0) is 19.2. The molecule has 0 aliphatic carbocycles. The number of guanidine groups is 1. The minimum atomic E-state index is 0. The molecule has 7 nitrogen and oxygen atoms in total. The zero-order valence-electron chi connectivity index (χ0n) is 17.2. The zero-order valence-corrected chi connectivity index (χ0v) is 19.5. The molecular formula is C21H33IN4O3. The Morgan fingerprint density at radius 2 is 1.86 bits per heavy atom. The van der Waals surface area contributed by atoms with Crippen LogP contribution in [0.25, 0.3) is 0 Å². The average molecular weight is 516 g/mol. The van der Waals surface area contributed by atoms with Gasteiger partial charge in [0.05, 0.1) is 25.9 Å². The van der Waals surface area contributed by atoms with E-state index in [1.54, 1.807) is 0 Å². The lowest BCUT2D eigenvalue weighted by molar-refractivity contribution is -0.0817. The highest BCUT2D eigenvalue weighted by Gasteiger charge is 2.32. The van der Waals surface area contributed by atoms with Gasteiger partial charge in [0, 0.05) is 52.1 Å². The first kappa shape index (κ1) is 22.6. The van der Waals surface area contributed by atoms with Crippen molar-refractivity contribution in [2.75, 3.05) is 64.6 Å². The highest BCUT2D eigenvalue weighted by molar-refractivity contribution is 14.0. The Balaban J connectivity index is 0.00000240. The van der Waals surface area contributed by atoms with Crippen LogP contribution in [-0.2, 0) is 20.8 Å². The molecule has 0 saturated carbocycles. The summed E-state index contributed by atoms with van der Waals surface area (Å²) in [5.74, 6) is 0.933. The van der Waals surface area contributed by atoms with E-state index in [9.17, 15) is 0 Å². The van der Waals surface area contributed by atoms with E-state index in [1.165, 1.54) is 11.3 Å². The molecule has 29 heavy (non-hydrogen) atoms. The second-order valence-corrected chi connectivity index (χ2v) is 7.54. The fraction of sp³-hybridized carbons (Fsp3) is 0.667. The maximum Gasteiger partial charge on any atom is 0.194 e. The number of aliphatic imine (C=N–C) groups is 1. The number of ether oxygens (including phenoxy) is 3. The second-order valence-electron chi connectivity index (χ2n) is 7.54. The number of anilines is 1. The molecule has 1 aromatic carbocycles. The van der Waals surface area contributed by atoms with Crippen molar-refractivity contribution in [2.24, 2.45) is 4.99 Å². The fourth-order valence-corrected chi connectivity index (χ4v) is 4.27. The Morgan fingerprint density at radius 3 is 2.62 bits per heavy atom. The van der Waals surface area contributed by atoms with E-state index in [2.05, 4.69) is 44.4 Å². The van der Waals surface area contributed by atoms with Crippen LogP contribution in [0.1, 0.15) is 18.4 Å². The van der Waals surface area contributed by atoms with Crippen LogP contribution in [0.5, 0.6) is 0 Å². The predicted octanol–water partition coefficient (Wildman–Crippen LogP) is 2.10. The Hall–Kier alpha value is -1.10. The summed E-state index contributed by atoms with van der Waals surface area (Å²) in [6, 6.07) is 8.61. The monoisotopic (exact) mass is 516 g/mol. The van der Waals surface area contributed by atoms with Gasteiger partial charge in [-0.3, -0.25) is 4.99 Å². The van der Waals surface area contributed by atoms with Crippen LogP contribution in [-0.4, -0.2) is 82.7 Å². The molecule has 3 fully saturated rings. The summed E-state index contributed by atoms with van der Waals surface area (Å²) < 4.78 is 17.3. The molecule has 2 atom stereocenters. The van der Waals surface area contributed by atoms with Crippen molar-refractivity contribution >= 4 is 35.6 Å². The summed E-state index contributed by atoms with van der Waals surface area (Å²) in [7, 11) is 1.85. The van der Waals surface area contributed by atoms with Crippen molar-refractivity contribution in [2.45, 2.75) is 31.6 Å². The maximum absolute atomic E-state index is 5.98. The van der Waals surface area contributed by atoms with E-state index in [0.717, 1.165) is 78.0 Å². The molecule has 4 rings (SSSR count). The van der Waals surface area contributed by atoms with Crippen LogP contribution in [0, 0.1) is 0 Å². The first-order valence-corrected chi connectivity index (χ1v) is 10.4. The van der Waals surface area contributed by atoms with Gasteiger partial charge in [-0.1, -0.05) is 18.2 Å². The molecule has 0 aromatic heterocycles. The van der Waals surface area contributed by atoms with Gasteiger partial charge in [-0.25, -0.2) is 0 Å². The van der Waals surface area contributed by atoms with Gasteiger partial charge in [0.1, 0.15) is 6.10 Å². The first-order chi connectivity index (χ1) is 13.8. The van der Waals surface area contributed by atoms with Crippen LogP contribution in [0.4, 0.5) is 5.69 Å². The smallest absolute Gasteiger partial charge is 0.194 e. The molecule has 0 spiro atoms. The van der Waals surface area contributed by atoms with Gasteiger partial charge in [-0.05, 0) is 24.5 Å². The normalized spacial score (nSPS) is 25.6. The van der Waals surface area contributed by atoms with Crippen molar-refractivity contribution in [1.82, 2.24) is 10.2 Å². The lowest BCUT2D eigenvalue weighted by atomic mass is 10.1. The van der Waals surface area contributed by atoms with Crippen LogP contribution in [0.3, 0.4) is 0 Å². The number of halogens is 1. The molecule has 162 valence electrons. The summed E-state index contributed by atoms with van der Waals surface area (Å²) in [5, 5.41) is 3.57. The van der Waals surface area contributed by atoms with Gasteiger partial charge in [0.2, 0.25) is 0 Å². The average Bonchev–Trinajstić information content (AvgIpc) is 3.30. The number of rotatable bonds is 4. The molecule has 0 bridgehead atoms. The van der Waals surface area contributed by atoms with E-state index in [4.69, 9.17) is 14.2 Å². The van der Waals surface area contributed by atoms with Gasteiger partial charge in [-0.15, -0.1) is 24.0 Å². The minimum Gasteiger partial charge on any atom is -0.378 e. The SMILES string of the molecule is CN=C(NCc1ccccc1N1CCOCC1)N1CCOC(C2CCCO2)C1.I. The highest BCUT2D eigenvalue weighted by Crippen LogP contribution is 2.23. The summed E-state index contributed by atoms with van der Waals surface area (Å²) in [6.07, 6.45) is 2.59. The van der Waals surface area contributed by atoms with Gasteiger partial charge in [0.25, 0.3) is 0 Å². The van der Waals surface area contributed by atoms with Crippen molar-refractivity contribution < 1.29 is 14.2 Å². The lowest BCUT2D eigenvalue weighted by Crippen LogP contribution is -2.53. The van der Waals surface area contributed by atoms with Crippen LogP contribution in [0.15, 0.2) is 29.3 Å². The van der Waals surface area contributed by atoms with Crippen molar-refractivity contribution in [1.29, 1.82) is 0 Å². The summed E-state index contributed by atoms with van der Waals surface area (Å²) in [4.78, 5) is 9.24. The Labute approximate surface area is 190 Å². The third-order valence-corrected chi connectivity index (χ3v) is 5.76. The third kappa shape index (κ3) is 5.74. The number of nitrogens with one attached hydrogen (secondary N) is 1. The third-order valence-electron chi connectivity index (χ3n) is 5.76. The molecule has 0 amide bonds.